The second-order valence-electron chi connectivity index (χ2n) is 4.08. The van der Waals surface area contributed by atoms with Crippen molar-refractivity contribution in [3.63, 3.8) is 0 Å². The molecule has 2 rings (SSSR count). The van der Waals surface area contributed by atoms with Crippen LogP contribution in [-0.4, -0.2) is 39.0 Å². The molecule has 1 heterocycles. The quantitative estimate of drug-likeness (QED) is 0.916. The van der Waals surface area contributed by atoms with Crippen LogP contribution in [0.1, 0.15) is 5.56 Å². The molecule has 1 aromatic rings. The van der Waals surface area contributed by atoms with Crippen molar-refractivity contribution < 1.29 is 13.2 Å². The summed E-state index contributed by atoms with van der Waals surface area (Å²) in [7, 11) is -3.48. The number of morpholine rings is 1. The molecule has 18 heavy (non-hydrogen) atoms. The Morgan fingerprint density at radius 2 is 2.00 bits per heavy atom. The minimum atomic E-state index is -3.48. The fraction of sp³-hybridized carbons (Fsp3) is 0.455. The number of benzene rings is 1. The van der Waals surface area contributed by atoms with Gasteiger partial charge in [-0.05, 0) is 24.6 Å². The molecule has 0 saturated carbocycles. The van der Waals surface area contributed by atoms with E-state index in [2.05, 4.69) is 20.7 Å². The van der Waals surface area contributed by atoms with Crippen LogP contribution in [0.15, 0.2) is 22.7 Å². The van der Waals surface area contributed by atoms with E-state index in [1.807, 2.05) is 13.0 Å². The van der Waals surface area contributed by atoms with Gasteiger partial charge in [0, 0.05) is 17.6 Å². The second kappa shape index (κ2) is 5.56. The molecule has 1 N–H and O–H groups in total. The van der Waals surface area contributed by atoms with Gasteiger partial charge in [-0.15, -0.1) is 0 Å². The molecule has 0 aliphatic carbocycles. The monoisotopic (exact) mass is 334 g/mol. The SMILES string of the molecule is Cc1ccc(NS(=O)(=O)N2CCOCC2)cc1Br. The van der Waals surface area contributed by atoms with Crippen LogP contribution in [0.2, 0.25) is 0 Å². The maximum atomic E-state index is 12.1. The number of nitrogens with one attached hydrogen (secondary N) is 1. The van der Waals surface area contributed by atoms with Crippen molar-refractivity contribution in [1.29, 1.82) is 0 Å². The van der Waals surface area contributed by atoms with Gasteiger partial charge in [0.2, 0.25) is 0 Å². The molecule has 0 radical (unpaired) electrons. The van der Waals surface area contributed by atoms with E-state index in [-0.39, 0.29) is 0 Å². The van der Waals surface area contributed by atoms with E-state index in [9.17, 15) is 8.42 Å². The summed E-state index contributed by atoms with van der Waals surface area (Å²) >= 11 is 3.38. The van der Waals surface area contributed by atoms with Gasteiger partial charge in [-0.1, -0.05) is 22.0 Å². The standard InChI is InChI=1S/C11H15BrN2O3S/c1-9-2-3-10(8-11(9)12)13-18(15,16)14-4-6-17-7-5-14/h2-3,8,13H,4-7H2,1H3. The number of anilines is 1. The maximum absolute atomic E-state index is 12.1. The van der Waals surface area contributed by atoms with Crippen molar-refractivity contribution in [2.45, 2.75) is 6.92 Å². The van der Waals surface area contributed by atoms with E-state index < -0.39 is 10.2 Å². The van der Waals surface area contributed by atoms with Crippen molar-refractivity contribution >= 4 is 31.8 Å². The van der Waals surface area contributed by atoms with E-state index >= 15 is 0 Å². The number of halogens is 1. The number of rotatable bonds is 3. The molecule has 1 saturated heterocycles. The Labute approximate surface area is 115 Å². The Balaban J connectivity index is 2.13. The molecule has 0 amide bonds. The fourth-order valence-electron chi connectivity index (χ4n) is 1.66. The van der Waals surface area contributed by atoms with Crippen LogP contribution in [0.5, 0.6) is 0 Å². The molecular formula is C11H15BrN2O3S. The van der Waals surface area contributed by atoms with Crippen LogP contribution in [0.3, 0.4) is 0 Å². The normalized spacial score (nSPS) is 17.7. The summed E-state index contributed by atoms with van der Waals surface area (Å²) in [6.07, 6.45) is 0. The first-order chi connectivity index (χ1) is 8.49. The summed E-state index contributed by atoms with van der Waals surface area (Å²) in [4.78, 5) is 0. The third kappa shape index (κ3) is 3.23. The molecule has 0 bridgehead atoms. The Morgan fingerprint density at radius 1 is 1.33 bits per heavy atom. The van der Waals surface area contributed by atoms with Crippen molar-refractivity contribution in [1.82, 2.24) is 4.31 Å². The molecule has 0 spiro atoms. The van der Waals surface area contributed by atoms with Crippen LogP contribution in [0.4, 0.5) is 5.69 Å². The smallest absolute Gasteiger partial charge is 0.301 e. The highest BCUT2D eigenvalue weighted by atomic mass is 79.9. The largest absolute Gasteiger partial charge is 0.379 e. The Bertz CT molecular complexity index is 527. The van der Waals surface area contributed by atoms with Gasteiger partial charge in [0.25, 0.3) is 0 Å². The van der Waals surface area contributed by atoms with E-state index in [0.717, 1.165) is 10.0 Å². The van der Waals surface area contributed by atoms with Crippen LogP contribution in [-0.2, 0) is 14.9 Å². The highest BCUT2D eigenvalue weighted by Gasteiger charge is 2.24. The summed E-state index contributed by atoms with van der Waals surface area (Å²) in [6.45, 7) is 3.62. The van der Waals surface area contributed by atoms with E-state index in [4.69, 9.17) is 4.74 Å². The second-order valence-corrected chi connectivity index (χ2v) is 6.61. The first-order valence-corrected chi connectivity index (χ1v) is 7.84. The minimum Gasteiger partial charge on any atom is -0.379 e. The van der Waals surface area contributed by atoms with Crippen molar-refractivity contribution in [3.05, 3.63) is 28.2 Å². The lowest BCUT2D eigenvalue weighted by Crippen LogP contribution is -2.43. The Morgan fingerprint density at radius 3 is 2.61 bits per heavy atom. The van der Waals surface area contributed by atoms with Crippen LogP contribution in [0, 0.1) is 6.92 Å². The molecule has 1 fully saturated rings. The zero-order chi connectivity index (χ0) is 13.2. The van der Waals surface area contributed by atoms with E-state index in [1.54, 1.807) is 12.1 Å². The van der Waals surface area contributed by atoms with Gasteiger partial charge in [-0.2, -0.15) is 12.7 Å². The van der Waals surface area contributed by atoms with Crippen LogP contribution < -0.4 is 4.72 Å². The third-order valence-electron chi connectivity index (χ3n) is 2.73. The number of hydrogen-bond donors (Lipinski definition) is 1. The summed E-state index contributed by atoms with van der Waals surface area (Å²) in [5.41, 5.74) is 1.61. The predicted octanol–water partition coefficient (Wildman–Crippen LogP) is 1.75. The highest BCUT2D eigenvalue weighted by Crippen LogP contribution is 2.22. The zero-order valence-electron chi connectivity index (χ0n) is 10.0. The van der Waals surface area contributed by atoms with Crippen molar-refractivity contribution in [3.8, 4) is 0 Å². The van der Waals surface area contributed by atoms with Crippen molar-refractivity contribution in [2.24, 2.45) is 0 Å². The average molecular weight is 335 g/mol. The van der Waals surface area contributed by atoms with Gasteiger partial charge in [0.05, 0.1) is 18.9 Å². The van der Waals surface area contributed by atoms with Gasteiger partial charge < -0.3 is 4.74 Å². The van der Waals surface area contributed by atoms with Gasteiger partial charge in [0.1, 0.15) is 0 Å². The van der Waals surface area contributed by atoms with E-state index in [0.29, 0.717) is 32.0 Å². The van der Waals surface area contributed by atoms with Crippen molar-refractivity contribution in [2.75, 3.05) is 31.0 Å². The van der Waals surface area contributed by atoms with Gasteiger partial charge >= 0.3 is 10.2 Å². The maximum Gasteiger partial charge on any atom is 0.301 e. The van der Waals surface area contributed by atoms with Crippen LogP contribution in [0.25, 0.3) is 0 Å². The molecule has 0 atom stereocenters. The topological polar surface area (TPSA) is 58.6 Å². The first kappa shape index (κ1) is 13.8. The lowest BCUT2D eigenvalue weighted by molar-refractivity contribution is 0.0733. The summed E-state index contributed by atoms with van der Waals surface area (Å²) in [5.74, 6) is 0. The number of hydrogen-bond acceptors (Lipinski definition) is 3. The van der Waals surface area contributed by atoms with Gasteiger partial charge in [0.15, 0.2) is 0 Å². The molecule has 0 unspecified atom stereocenters. The lowest BCUT2D eigenvalue weighted by Gasteiger charge is -2.26. The lowest BCUT2D eigenvalue weighted by atomic mass is 10.2. The molecular weight excluding hydrogens is 320 g/mol. The average Bonchev–Trinajstić information content (AvgIpc) is 2.35. The molecule has 7 heteroatoms. The summed E-state index contributed by atoms with van der Waals surface area (Å²) < 4.78 is 34.2. The highest BCUT2D eigenvalue weighted by molar-refractivity contribution is 9.10. The Hall–Kier alpha value is -0.630. The van der Waals surface area contributed by atoms with Gasteiger partial charge in [-0.3, -0.25) is 4.72 Å². The number of nitrogens with zero attached hydrogens (tertiary/aromatic N) is 1. The molecule has 5 nitrogen and oxygen atoms in total. The minimum absolute atomic E-state index is 0.391. The number of ether oxygens (including phenoxy) is 1. The first-order valence-electron chi connectivity index (χ1n) is 5.61. The fourth-order valence-corrected chi connectivity index (χ4v) is 3.22. The van der Waals surface area contributed by atoms with E-state index in [1.165, 1.54) is 4.31 Å². The molecule has 1 aromatic carbocycles. The third-order valence-corrected chi connectivity index (χ3v) is 5.12. The summed E-state index contributed by atoms with van der Waals surface area (Å²) in [6, 6.07) is 5.37. The molecule has 100 valence electrons. The molecule has 1 aliphatic heterocycles. The number of aryl methyl sites for hydroxylation is 1. The predicted molar refractivity (Wildman–Crippen MR) is 73.8 cm³/mol. The van der Waals surface area contributed by atoms with Gasteiger partial charge in [-0.25, -0.2) is 0 Å². The molecule has 0 aromatic heterocycles. The van der Waals surface area contributed by atoms with Crippen LogP contribution >= 0.6 is 15.9 Å². The summed E-state index contributed by atoms with van der Waals surface area (Å²) in [5, 5.41) is 0. The zero-order valence-corrected chi connectivity index (χ0v) is 12.4. The Kier molecular flexibility index (Phi) is 4.26. The molecule has 1 aliphatic rings.